The van der Waals surface area contributed by atoms with Crippen molar-refractivity contribution in [3.05, 3.63) is 53.7 Å². The molecule has 1 aromatic heterocycles. The fourth-order valence-corrected chi connectivity index (χ4v) is 1.97. The summed E-state index contributed by atoms with van der Waals surface area (Å²) in [6.07, 6.45) is 3.37. The number of aryl methyl sites for hydroxylation is 1. The third kappa shape index (κ3) is 3.28. The zero-order chi connectivity index (χ0) is 13.9. The Morgan fingerprint density at radius 2 is 1.95 bits per heavy atom. The lowest BCUT2D eigenvalue weighted by Gasteiger charge is -2.26. The summed E-state index contributed by atoms with van der Waals surface area (Å²) in [6, 6.07) is 6.86. The van der Waals surface area contributed by atoms with Gasteiger partial charge in [0.2, 0.25) is 0 Å². The lowest BCUT2D eigenvalue weighted by molar-refractivity contribution is 0.504. The van der Waals surface area contributed by atoms with E-state index >= 15 is 0 Å². The Kier molecular flexibility index (Phi) is 3.79. The number of nitrogens with one attached hydrogen (secondary N) is 1. The summed E-state index contributed by atoms with van der Waals surface area (Å²) in [6.45, 7) is 6.48. The van der Waals surface area contributed by atoms with Gasteiger partial charge in [0.15, 0.2) is 0 Å². The molecule has 0 bridgehead atoms. The van der Waals surface area contributed by atoms with Gasteiger partial charge in [-0.1, -0.05) is 32.0 Å². The third-order valence-corrected chi connectivity index (χ3v) is 3.07. The average Bonchev–Trinajstić information content (AvgIpc) is 2.37. The zero-order valence-electron chi connectivity index (χ0n) is 11.4. The Morgan fingerprint density at radius 1 is 1.21 bits per heavy atom. The quantitative estimate of drug-likeness (QED) is 0.915. The summed E-state index contributed by atoms with van der Waals surface area (Å²) in [5, 5.41) is 3.21. The summed E-state index contributed by atoms with van der Waals surface area (Å²) < 4.78 is 13.8. The molecule has 1 aromatic carbocycles. The van der Waals surface area contributed by atoms with E-state index in [1.807, 2.05) is 32.9 Å². The number of aromatic nitrogens is 2. The lowest BCUT2D eigenvalue weighted by Crippen LogP contribution is -2.29. The molecule has 1 heterocycles. The van der Waals surface area contributed by atoms with Crippen LogP contribution in [0, 0.1) is 12.7 Å². The maximum Gasteiger partial charge on any atom is 0.144 e. The Labute approximate surface area is 112 Å². The second kappa shape index (κ2) is 5.34. The van der Waals surface area contributed by atoms with Gasteiger partial charge in [0.1, 0.15) is 11.6 Å². The molecule has 100 valence electrons. The van der Waals surface area contributed by atoms with Crippen molar-refractivity contribution in [2.75, 3.05) is 11.9 Å². The highest BCUT2D eigenvalue weighted by Crippen LogP contribution is 2.25. The first-order valence-corrected chi connectivity index (χ1v) is 6.26. The van der Waals surface area contributed by atoms with E-state index in [-0.39, 0.29) is 11.2 Å². The van der Waals surface area contributed by atoms with Crippen LogP contribution in [0.1, 0.15) is 25.1 Å². The van der Waals surface area contributed by atoms with Crippen LogP contribution in [0.3, 0.4) is 0 Å². The van der Waals surface area contributed by atoms with E-state index in [0.717, 1.165) is 5.69 Å². The Hall–Kier alpha value is -1.97. The second-order valence-electron chi connectivity index (χ2n) is 5.26. The van der Waals surface area contributed by atoms with Gasteiger partial charge >= 0.3 is 0 Å². The van der Waals surface area contributed by atoms with Gasteiger partial charge in [-0.2, -0.15) is 0 Å². The van der Waals surface area contributed by atoms with Gasteiger partial charge in [-0.05, 0) is 18.6 Å². The number of benzene rings is 1. The molecule has 0 saturated heterocycles. The van der Waals surface area contributed by atoms with Crippen molar-refractivity contribution in [1.82, 2.24) is 9.97 Å². The van der Waals surface area contributed by atoms with Gasteiger partial charge in [0.25, 0.3) is 0 Å². The zero-order valence-corrected chi connectivity index (χ0v) is 11.4. The van der Waals surface area contributed by atoms with Crippen LogP contribution < -0.4 is 5.32 Å². The van der Waals surface area contributed by atoms with E-state index in [2.05, 4.69) is 15.3 Å². The van der Waals surface area contributed by atoms with Gasteiger partial charge < -0.3 is 5.32 Å². The van der Waals surface area contributed by atoms with Crippen LogP contribution in [0.15, 0.2) is 36.7 Å². The molecule has 0 unspecified atom stereocenters. The number of halogens is 1. The van der Waals surface area contributed by atoms with Crippen molar-refractivity contribution in [1.29, 1.82) is 0 Å². The molecule has 2 aromatic rings. The van der Waals surface area contributed by atoms with Gasteiger partial charge in [-0.15, -0.1) is 0 Å². The number of anilines is 1. The fourth-order valence-electron chi connectivity index (χ4n) is 1.97. The first-order chi connectivity index (χ1) is 8.99. The summed E-state index contributed by atoms with van der Waals surface area (Å²) in [4.78, 5) is 8.40. The third-order valence-electron chi connectivity index (χ3n) is 3.07. The average molecular weight is 259 g/mol. The van der Waals surface area contributed by atoms with E-state index in [0.29, 0.717) is 17.9 Å². The number of hydrogen-bond donors (Lipinski definition) is 1. The van der Waals surface area contributed by atoms with E-state index < -0.39 is 0 Å². The van der Waals surface area contributed by atoms with E-state index in [1.165, 1.54) is 6.07 Å². The minimum atomic E-state index is -0.323. The summed E-state index contributed by atoms with van der Waals surface area (Å²) in [7, 11) is 0. The predicted molar refractivity (Wildman–Crippen MR) is 74.7 cm³/mol. The first-order valence-electron chi connectivity index (χ1n) is 6.26. The molecular formula is C15H18FN3. The normalized spacial score (nSPS) is 11.4. The van der Waals surface area contributed by atoms with Crippen LogP contribution in [-0.2, 0) is 5.41 Å². The molecule has 0 aliphatic carbocycles. The van der Waals surface area contributed by atoms with Crippen molar-refractivity contribution in [2.24, 2.45) is 0 Å². The molecule has 1 N–H and O–H groups in total. The largest absolute Gasteiger partial charge is 0.368 e. The Balaban J connectivity index is 2.12. The monoisotopic (exact) mass is 259 g/mol. The summed E-state index contributed by atoms with van der Waals surface area (Å²) in [5.41, 5.74) is 1.23. The molecule has 0 saturated carbocycles. The molecule has 0 aliphatic rings. The van der Waals surface area contributed by atoms with Crippen molar-refractivity contribution in [2.45, 2.75) is 26.2 Å². The maximum atomic E-state index is 13.8. The van der Waals surface area contributed by atoms with Gasteiger partial charge in [-0.3, -0.25) is 4.98 Å². The van der Waals surface area contributed by atoms with E-state index in [1.54, 1.807) is 18.5 Å². The standard InChI is InChI=1S/C15H18FN3/c1-11-8-17-9-14(19-11)18-10-15(2,3)12-6-4-5-7-13(12)16/h4-9H,10H2,1-3H3,(H,18,19). The van der Waals surface area contributed by atoms with Gasteiger partial charge in [-0.25, -0.2) is 9.37 Å². The number of rotatable bonds is 4. The highest BCUT2D eigenvalue weighted by atomic mass is 19.1. The van der Waals surface area contributed by atoms with E-state index in [9.17, 15) is 4.39 Å². The van der Waals surface area contributed by atoms with Crippen LogP contribution in [-0.4, -0.2) is 16.5 Å². The van der Waals surface area contributed by atoms with Crippen molar-refractivity contribution in [3.8, 4) is 0 Å². The molecule has 0 spiro atoms. The molecule has 0 fully saturated rings. The van der Waals surface area contributed by atoms with Gasteiger partial charge in [0.05, 0.1) is 11.9 Å². The summed E-state index contributed by atoms with van der Waals surface area (Å²) in [5.74, 6) is 0.536. The van der Waals surface area contributed by atoms with Crippen LogP contribution in [0.2, 0.25) is 0 Å². The van der Waals surface area contributed by atoms with E-state index in [4.69, 9.17) is 0 Å². The molecule has 2 rings (SSSR count). The molecular weight excluding hydrogens is 241 g/mol. The van der Waals surface area contributed by atoms with Crippen molar-refractivity contribution in [3.63, 3.8) is 0 Å². The van der Waals surface area contributed by atoms with Crippen LogP contribution in [0.25, 0.3) is 0 Å². The molecule has 0 aliphatic heterocycles. The van der Waals surface area contributed by atoms with Gasteiger partial charge in [0, 0.05) is 18.2 Å². The van der Waals surface area contributed by atoms with Crippen molar-refractivity contribution < 1.29 is 4.39 Å². The minimum Gasteiger partial charge on any atom is -0.368 e. The minimum absolute atomic E-state index is 0.176. The Morgan fingerprint density at radius 3 is 2.63 bits per heavy atom. The first kappa shape index (κ1) is 13.5. The molecule has 0 radical (unpaired) electrons. The predicted octanol–water partition coefficient (Wildman–Crippen LogP) is 3.31. The SMILES string of the molecule is Cc1cncc(NCC(C)(C)c2ccccc2F)n1. The smallest absolute Gasteiger partial charge is 0.144 e. The number of hydrogen-bond acceptors (Lipinski definition) is 3. The Bertz CT molecular complexity index is 567. The van der Waals surface area contributed by atoms with Crippen molar-refractivity contribution >= 4 is 5.82 Å². The summed E-state index contributed by atoms with van der Waals surface area (Å²) >= 11 is 0. The molecule has 0 atom stereocenters. The lowest BCUT2D eigenvalue weighted by atomic mass is 9.84. The maximum absolute atomic E-state index is 13.8. The molecule has 0 amide bonds. The second-order valence-corrected chi connectivity index (χ2v) is 5.26. The fraction of sp³-hybridized carbons (Fsp3) is 0.333. The van der Waals surface area contributed by atoms with Crippen LogP contribution in [0.5, 0.6) is 0 Å². The molecule has 3 nitrogen and oxygen atoms in total. The highest BCUT2D eigenvalue weighted by molar-refractivity contribution is 5.35. The highest BCUT2D eigenvalue weighted by Gasteiger charge is 2.23. The van der Waals surface area contributed by atoms with Crippen LogP contribution in [0.4, 0.5) is 10.2 Å². The molecule has 4 heteroatoms. The topological polar surface area (TPSA) is 37.8 Å². The molecule has 19 heavy (non-hydrogen) atoms. The van der Waals surface area contributed by atoms with Crippen LogP contribution >= 0.6 is 0 Å². The number of nitrogens with zero attached hydrogens (tertiary/aromatic N) is 2.